The van der Waals surface area contributed by atoms with E-state index in [9.17, 15) is 4.79 Å². The van der Waals surface area contributed by atoms with Crippen LogP contribution in [0.2, 0.25) is 0 Å². The number of amides is 2. The van der Waals surface area contributed by atoms with E-state index in [-0.39, 0.29) is 6.03 Å². The van der Waals surface area contributed by atoms with Crippen molar-refractivity contribution >= 4 is 34.7 Å². The number of benzene rings is 3. The lowest BCUT2D eigenvalue weighted by molar-refractivity contribution is 0.246. The molecule has 1 aromatic heterocycles. The van der Waals surface area contributed by atoms with Gasteiger partial charge in [0.05, 0.1) is 30.2 Å². The van der Waals surface area contributed by atoms with E-state index >= 15 is 0 Å². The van der Waals surface area contributed by atoms with Crippen molar-refractivity contribution in [1.29, 1.82) is 5.26 Å². The minimum absolute atomic E-state index is 0.143. The standard InChI is InChI=1S/C34H38N8OS/c1-2-16-37-33(43)42(25-32-23-36-26-41(32)24-29-10-8-27(21-35)9-11-29)31-14-12-30(13-15-31)39-17-19-40(20-18-39)34(44)38-22-28-6-4-3-5-7-28/h3-15,23,26H,2,16-20,22,24-25H2,1H3,(H,37,43)(H,38,44). The quantitative estimate of drug-likeness (QED) is 0.242. The molecule has 9 nitrogen and oxygen atoms in total. The summed E-state index contributed by atoms with van der Waals surface area (Å²) >= 11 is 5.67. The average molecular weight is 607 g/mol. The zero-order valence-electron chi connectivity index (χ0n) is 25.0. The Morgan fingerprint density at radius 3 is 2.36 bits per heavy atom. The molecule has 2 amide bonds. The van der Waals surface area contributed by atoms with Gasteiger partial charge in [0, 0.05) is 63.4 Å². The van der Waals surface area contributed by atoms with Crippen LogP contribution in [0.1, 0.15) is 35.7 Å². The lowest BCUT2D eigenvalue weighted by Crippen LogP contribution is -2.51. The van der Waals surface area contributed by atoms with Crippen LogP contribution in [0.25, 0.3) is 0 Å². The third-order valence-corrected chi connectivity index (χ3v) is 8.11. The second-order valence-electron chi connectivity index (χ2n) is 10.8. The molecule has 5 rings (SSSR count). The molecule has 44 heavy (non-hydrogen) atoms. The van der Waals surface area contributed by atoms with Crippen LogP contribution in [-0.4, -0.2) is 58.3 Å². The van der Waals surface area contributed by atoms with Gasteiger partial charge in [-0.05, 0) is 66.2 Å². The van der Waals surface area contributed by atoms with Crippen molar-refractivity contribution in [3.05, 3.63) is 114 Å². The number of carbonyl (C=O) groups excluding carboxylic acids is 1. The fourth-order valence-electron chi connectivity index (χ4n) is 5.17. The number of rotatable bonds is 10. The van der Waals surface area contributed by atoms with Crippen LogP contribution >= 0.6 is 12.2 Å². The van der Waals surface area contributed by atoms with Crippen LogP contribution < -0.4 is 20.4 Å². The van der Waals surface area contributed by atoms with Gasteiger partial charge in [-0.2, -0.15) is 5.26 Å². The van der Waals surface area contributed by atoms with E-state index in [1.54, 1.807) is 17.4 Å². The van der Waals surface area contributed by atoms with Gasteiger partial charge in [0.15, 0.2) is 5.11 Å². The zero-order chi connectivity index (χ0) is 30.7. The van der Waals surface area contributed by atoms with E-state index in [0.29, 0.717) is 25.2 Å². The third kappa shape index (κ3) is 7.94. The van der Waals surface area contributed by atoms with Gasteiger partial charge in [0.2, 0.25) is 0 Å². The number of nitrogens with zero attached hydrogens (tertiary/aromatic N) is 6. The number of nitriles is 1. The highest BCUT2D eigenvalue weighted by atomic mass is 32.1. The summed E-state index contributed by atoms with van der Waals surface area (Å²) in [6, 6.07) is 28.0. The zero-order valence-corrected chi connectivity index (χ0v) is 25.8. The van der Waals surface area contributed by atoms with Gasteiger partial charge < -0.3 is 25.0 Å². The predicted molar refractivity (Wildman–Crippen MR) is 178 cm³/mol. The summed E-state index contributed by atoms with van der Waals surface area (Å²) in [6.07, 6.45) is 4.43. The number of carbonyl (C=O) groups is 1. The van der Waals surface area contributed by atoms with Crippen molar-refractivity contribution in [3.63, 3.8) is 0 Å². The van der Waals surface area contributed by atoms with E-state index in [0.717, 1.165) is 66.9 Å². The number of urea groups is 1. The molecule has 2 N–H and O–H groups in total. The van der Waals surface area contributed by atoms with Crippen molar-refractivity contribution in [2.75, 3.05) is 42.5 Å². The molecule has 1 saturated heterocycles. The molecule has 0 unspecified atom stereocenters. The van der Waals surface area contributed by atoms with E-state index in [2.05, 4.69) is 55.8 Å². The van der Waals surface area contributed by atoms with Crippen LogP contribution in [0.4, 0.5) is 16.2 Å². The van der Waals surface area contributed by atoms with Gasteiger partial charge in [0.25, 0.3) is 0 Å². The van der Waals surface area contributed by atoms with E-state index in [1.165, 1.54) is 5.56 Å². The normalized spacial score (nSPS) is 12.8. The molecule has 0 spiro atoms. The Labute approximate surface area is 264 Å². The molecule has 0 atom stereocenters. The second-order valence-corrected chi connectivity index (χ2v) is 11.2. The van der Waals surface area contributed by atoms with E-state index < -0.39 is 0 Å². The Morgan fingerprint density at radius 2 is 1.68 bits per heavy atom. The Kier molecular flexibility index (Phi) is 10.4. The molecule has 3 aromatic carbocycles. The van der Waals surface area contributed by atoms with Gasteiger partial charge in [-0.3, -0.25) is 4.90 Å². The molecule has 0 saturated carbocycles. The summed E-state index contributed by atoms with van der Waals surface area (Å²) in [5.41, 5.74) is 5.75. The SMILES string of the molecule is CCCNC(=O)N(Cc1cncn1Cc1ccc(C#N)cc1)c1ccc(N2CCN(C(=S)NCc3ccccc3)CC2)cc1. The summed E-state index contributed by atoms with van der Waals surface area (Å²) in [4.78, 5) is 24.0. The Balaban J connectivity index is 1.22. The van der Waals surface area contributed by atoms with Gasteiger partial charge in [0.1, 0.15) is 0 Å². The summed E-state index contributed by atoms with van der Waals surface area (Å²) in [5.74, 6) is 0. The average Bonchev–Trinajstić information content (AvgIpc) is 3.52. The topological polar surface area (TPSA) is 92.5 Å². The lowest BCUT2D eigenvalue weighted by Gasteiger charge is -2.37. The van der Waals surface area contributed by atoms with E-state index in [1.807, 2.05) is 66.1 Å². The highest BCUT2D eigenvalue weighted by Gasteiger charge is 2.21. The smallest absolute Gasteiger partial charge is 0.322 e. The minimum Gasteiger partial charge on any atom is -0.368 e. The van der Waals surface area contributed by atoms with Gasteiger partial charge in [-0.25, -0.2) is 9.78 Å². The molecule has 1 aliphatic rings. The van der Waals surface area contributed by atoms with Crippen LogP contribution in [0, 0.1) is 11.3 Å². The van der Waals surface area contributed by atoms with Crippen LogP contribution in [-0.2, 0) is 19.6 Å². The monoisotopic (exact) mass is 606 g/mol. The minimum atomic E-state index is -0.143. The fourth-order valence-corrected chi connectivity index (χ4v) is 5.42. The van der Waals surface area contributed by atoms with Crippen molar-refractivity contribution < 1.29 is 4.79 Å². The van der Waals surface area contributed by atoms with Crippen molar-refractivity contribution in [2.45, 2.75) is 33.0 Å². The van der Waals surface area contributed by atoms with E-state index in [4.69, 9.17) is 17.5 Å². The molecule has 4 aromatic rings. The maximum atomic E-state index is 13.3. The number of hydrogen-bond donors (Lipinski definition) is 2. The number of aromatic nitrogens is 2. The summed E-state index contributed by atoms with van der Waals surface area (Å²) < 4.78 is 2.04. The molecule has 10 heteroatoms. The first-order valence-electron chi connectivity index (χ1n) is 15.0. The highest BCUT2D eigenvalue weighted by Crippen LogP contribution is 2.24. The first kappa shape index (κ1) is 30.6. The first-order chi connectivity index (χ1) is 21.5. The number of anilines is 2. The van der Waals surface area contributed by atoms with Crippen molar-refractivity contribution in [1.82, 2.24) is 25.1 Å². The first-order valence-corrected chi connectivity index (χ1v) is 15.4. The lowest BCUT2D eigenvalue weighted by atomic mass is 10.1. The number of piperazine rings is 1. The number of thiocarbonyl (C=S) groups is 1. The molecular weight excluding hydrogens is 568 g/mol. The Bertz CT molecular complexity index is 1560. The van der Waals surface area contributed by atoms with Crippen LogP contribution in [0.3, 0.4) is 0 Å². The molecule has 2 heterocycles. The van der Waals surface area contributed by atoms with Gasteiger partial charge >= 0.3 is 6.03 Å². The summed E-state index contributed by atoms with van der Waals surface area (Å²) in [5, 5.41) is 16.3. The molecule has 0 bridgehead atoms. The van der Waals surface area contributed by atoms with Crippen molar-refractivity contribution in [3.8, 4) is 6.07 Å². The molecular formula is C34H38N8OS. The maximum Gasteiger partial charge on any atom is 0.322 e. The summed E-state index contributed by atoms with van der Waals surface area (Å²) in [6.45, 7) is 7.75. The number of imidazole rings is 1. The third-order valence-electron chi connectivity index (χ3n) is 7.71. The van der Waals surface area contributed by atoms with Crippen LogP contribution in [0.15, 0.2) is 91.4 Å². The van der Waals surface area contributed by atoms with Gasteiger partial charge in [-0.15, -0.1) is 0 Å². The number of nitrogens with one attached hydrogen (secondary N) is 2. The summed E-state index contributed by atoms with van der Waals surface area (Å²) in [7, 11) is 0. The van der Waals surface area contributed by atoms with Crippen LogP contribution in [0.5, 0.6) is 0 Å². The van der Waals surface area contributed by atoms with Crippen molar-refractivity contribution in [2.24, 2.45) is 0 Å². The molecule has 226 valence electrons. The molecule has 1 aliphatic heterocycles. The predicted octanol–water partition coefficient (Wildman–Crippen LogP) is 5.13. The highest BCUT2D eigenvalue weighted by molar-refractivity contribution is 7.80. The molecule has 0 aliphatic carbocycles. The Hall–Kier alpha value is -4.88. The molecule has 0 radical (unpaired) electrons. The van der Waals surface area contributed by atoms with Gasteiger partial charge in [-0.1, -0.05) is 49.4 Å². The number of hydrogen-bond acceptors (Lipinski definition) is 5. The Morgan fingerprint density at radius 1 is 0.955 bits per heavy atom. The fraction of sp³-hybridized carbons (Fsp3) is 0.294. The largest absolute Gasteiger partial charge is 0.368 e. The maximum absolute atomic E-state index is 13.3. The second kappa shape index (κ2) is 15.0. The molecule has 1 fully saturated rings.